The van der Waals surface area contributed by atoms with Crippen LogP contribution in [-0.4, -0.2) is 48.6 Å². The molecule has 1 N–H and O–H groups in total. The first-order chi connectivity index (χ1) is 9.88. The Bertz CT molecular complexity index is 355. The normalized spacial score (nSPS) is 23.1. The Morgan fingerprint density at radius 1 is 1.24 bits per heavy atom. The highest BCUT2D eigenvalue weighted by Crippen LogP contribution is 2.19. The topological polar surface area (TPSA) is 58.6 Å². The van der Waals surface area contributed by atoms with Gasteiger partial charge in [-0.05, 0) is 24.7 Å². The zero-order valence-corrected chi connectivity index (χ0v) is 14.0. The van der Waals surface area contributed by atoms with E-state index in [4.69, 9.17) is 4.74 Å². The summed E-state index contributed by atoms with van der Waals surface area (Å²) in [6.07, 6.45) is 1.40. The standard InChI is InChI=1S/C16H30N2O3/c1-6-13-16(20)18(8-7-9-21-10-11(2)3)14(12(4)5)15(19)17-13/h11-14H,6-10H2,1-5H3,(H,17,19). The summed E-state index contributed by atoms with van der Waals surface area (Å²) in [4.78, 5) is 26.4. The van der Waals surface area contributed by atoms with Crippen molar-refractivity contribution >= 4 is 11.8 Å². The Morgan fingerprint density at radius 2 is 1.90 bits per heavy atom. The van der Waals surface area contributed by atoms with Gasteiger partial charge in [-0.15, -0.1) is 0 Å². The summed E-state index contributed by atoms with van der Waals surface area (Å²) < 4.78 is 5.56. The lowest BCUT2D eigenvalue weighted by atomic mass is 9.96. The molecular weight excluding hydrogens is 268 g/mol. The maximum absolute atomic E-state index is 12.5. The Kier molecular flexibility index (Phi) is 7.15. The number of carbonyl (C=O) groups is 2. The molecule has 1 aliphatic heterocycles. The van der Waals surface area contributed by atoms with Crippen molar-refractivity contribution in [3.63, 3.8) is 0 Å². The third-order valence-electron chi connectivity index (χ3n) is 3.68. The number of nitrogens with one attached hydrogen (secondary N) is 1. The molecule has 2 unspecified atom stereocenters. The molecule has 0 aliphatic carbocycles. The van der Waals surface area contributed by atoms with Crippen LogP contribution in [0.4, 0.5) is 0 Å². The number of hydrogen-bond donors (Lipinski definition) is 1. The van der Waals surface area contributed by atoms with Crippen LogP contribution in [0.1, 0.15) is 47.5 Å². The average molecular weight is 298 g/mol. The van der Waals surface area contributed by atoms with Crippen molar-refractivity contribution in [2.45, 2.75) is 59.5 Å². The van der Waals surface area contributed by atoms with Gasteiger partial charge in [0.15, 0.2) is 0 Å². The lowest BCUT2D eigenvalue weighted by Crippen LogP contribution is -2.64. The second-order valence-electron chi connectivity index (χ2n) is 6.51. The number of hydrogen-bond acceptors (Lipinski definition) is 3. The fourth-order valence-corrected chi connectivity index (χ4v) is 2.64. The fraction of sp³-hybridized carbons (Fsp3) is 0.875. The maximum Gasteiger partial charge on any atom is 0.245 e. The molecule has 1 heterocycles. The fourth-order valence-electron chi connectivity index (χ4n) is 2.64. The van der Waals surface area contributed by atoms with Gasteiger partial charge in [0.2, 0.25) is 11.8 Å². The predicted molar refractivity (Wildman–Crippen MR) is 82.8 cm³/mol. The minimum Gasteiger partial charge on any atom is -0.381 e. The van der Waals surface area contributed by atoms with E-state index in [2.05, 4.69) is 19.2 Å². The van der Waals surface area contributed by atoms with Crippen molar-refractivity contribution in [3.05, 3.63) is 0 Å². The van der Waals surface area contributed by atoms with Crippen LogP contribution in [0.15, 0.2) is 0 Å². The second-order valence-corrected chi connectivity index (χ2v) is 6.51. The lowest BCUT2D eigenvalue weighted by Gasteiger charge is -2.40. The molecule has 2 amide bonds. The second kappa shape index (κ2) is 8.37. The average Bonchev–Trinajstić information content (AvgIpc) is 2.40. The smallest absolute Gasteiger partial charge is 0.245 e. The number of piperazine rings is 1. The van der Waals surface area contributed by atoms with Crippen molar-refractivity contribution in [1.29, 1.82) is 0 Å². The molecule has 5 nitrogen and oxygen atoms in total. The van der Waals surface area contributed by atoms with Crippen molar-refractivity contribution in [3.8, 4) is 0 Å². The summed E-state index contributed by atoms with van der Waals surface area (Å²) >= 11 is 0. The van der Waals surface area contributed by atoms with E-state index in [9.17, 15) is 9.59 Å². The number of amides is 2. The van der Waals surface area contributed by atoms with Crippen LogP contribution >= 0.6 is 0 Å². The van der Waals surface area contributed by atoms with Gasteiger partial charge in [0.1, 0.15) is 12.1 Å². The first-order valence-corrected chi connectivity index (χ1v) is 8.07. The predicted octanol–water partition coefficient (Wildman–Crippen LogP) is 1.81. The summed E-state index contributed by atoms with van der Waals surface area (Å²) in [6, 6.07) is -0.727. The number of rotatable bonds is 8. The van der Waals surface area contributed by atoms with Crippen LogP contribution < -0.4 is 5.32 Å². The third kappa shape index (κ3) is 4.99. The molecule has 0 radical (unpaired) electrons. The molecule has 122 valence electrons. The number of nitrogens with zero attached hydrogens (tertiary/aromatic N) is 1. The first kappa shape index (κ1) is 18.0. The molecule has 0 aromatic carbocycles. The van der Waals surface area contributed by atoms with Crippen LogP contribution in [-0.2, 0) is 14.3 Å². The molecule has 1 rings (SSSR count). The Balaban J connectivity index is 2.59. The highest BCUT2D eigenvalue weighted by molar-refractivity contribution is 5.97. The van der Waals surface area contributed by atoms with E-state index in [1.54, 1.807) is 4.90 Å². The Morgan fingerprint density at radius 3 is 2.43 bits per heavy atom. The molecular formula is C16H30N2O3. The number of ether oxygens (including phenoxy) is 1. The van der Waals surface area contributed by atoms with Gasteiger partial charge in [-0.1, -0.05) is 34.6 Å². The summed E-state index contributed by atoms with van der Waals surface area (Å²) in [5.41, 5.74) is 0. The Hall–Kier alpha value is -1.10. The molecule has 0 aromatic rings. The van der Waals surface area contributed by atoms with Crippen molar-refractivity contribution in [1.82, 2.24) is 10.2 Å². The van der Waals surface area contributed by atoms with Gasteiger partial charge in [0.25, 0.3) is 0 Å². The van der Waals surface area contributed by atoms with E-state index in [0.29, 0.717) is 25.5 Å². The molecule has 0 saturated carbocycles. The third-order valence-corrected chi connectivity index (χ3v) is 3.68. The lowest BCUT2D eigenvalue weighted by molar-refractivity contribution is -0.151. The highest BCUT2D eigenvalue weighted by Gasteiger charge is 2.40. The molecule has 21 heavy (non-hydrogen) atoms. The molecule has 0 spiro atoms. The van der Waals surface area contributed by atoms with Crippen LogP contribution in [0.2, 0.25) is 0 Å². The van der Waals surface area contributed by atoms with Crippen molar-refractivity contribution < 1.29 is 14.3 Å². The minimum atomic E-state index is -0.371. The largest absolute Gasteiger partial charge is 0.381 e. The van der Waals surface area contributed by atoms with Crippen molar-refractivity contribution in [2.24, 2.45) is 11.8 Å². The summed E-state index contributed by atoms with van der Waals surface area (Å²) in [5.74, 6) is 0.642. The molecule has 0 bridgehead atoms. The van der Waals surface area contributed by atoms with E-state index in [1.807, 2.05) is 20.8 Å². The zero-order chi connectivity index (χ0) is 16.0. The van der Waals surface area contributed by atoms with Crippen LogP contribution in [0.5, 0.6) is 0 Å². The van der Waals surface area contributed by atoms with E-state index >= 15 is 0 Å². The highest BCUT2D eigenvalue weighted by atomic mass is 16.5. The van der Waals surface area contributed by atoms with Crippen LogP contribution in [0.25, 0.3) is 0 Å². The summed E-state index contributed by atoms with van der Waals surface area (Å²) in [7, 11) is 0. The van der Waals surface area contributed by atoms with E-state index in [0.717, 1.165) is 13.0 Å². The first-order valence-electron chi connectivity index (χ1n) is 8.07. The van der Waals surface area contributed by atoms with Gasteiger partial charge >= 0.3 is 0 Å². The van der Waals surface area contributed by atoms with E-state index in [1.165, 1.54) is 0 Å². The zero-order valence-electron chi connectivity index (χ0n) is 14.0. The molecule has 0 aromatic heterocycles. The van der Waals surface area contributed by atoms with Crippen LogP contribution in [0.3, 0.4) is 0 Å². The molecule has 1 fully saturated rings. The van der Waals surface area contributed by atoms with E-state index < -0.39 is 0 Å². The SMILES string of the molecule is CCC1NC(=O)C(C(C)C)N(CCCOCC(C)C)C1=O. The Labute approximate surface area is 128 Å². The summed E-state index contributed by atoms with van der Waals surface area (Å²) in [5, 5.41) is 2.83. The van der Waals surface area contributed by atoms with Gasteiger partial charge in [0, 0.05) is 19.8 Å². The molecule has 5 heteroatoms. The minimum absolute atomic E-state index is 0.0282. The maximum atomic E-state index is 12.5. The molecule has 2 atom stereocenters. The summed E-state index contributed by atoms with van der Waals surface area (Å²) in [6.45, 7) is 12.0. The van der Waals surface area contributed by atoms with Crippen molar-refractivity contribution in [2.75, 3.05) is 19.8 Å². The number of carbonyl (C=O) groups excluding carboxylic acids is 2. The van der Waals surface area contributed by atoms with Gasteiger partial charge < -0.3 is 15.0 Å². The van der Waals surface area contributed by atoms with Gasteiger partial charge in [-0.3, -0.25) is 9.59 Å². The van der Waals surface area contributed by atoms with Crippen LogP contribution in [0, 0.1) is 11.8 Å². The molecule has 1 aliphatic rings. The van der Waals surface area contributed by atoms with E-state index in [-0.39, 0.29) is 29.8 Å². The van der Waals surface area contributed by atoms with Gasteiger partial charge in [-0.2, -0.15) is 0 Å². The van der Waals surface area contributed by atoms with Gasteiger partial charge in [-0.25, -0.2) is 0 Å². The quantitative estimate of drug-likeness (QED) is 0.695. The van der Waals surface area contributed by atoms with Gasteiger partial charge in [0.05, 0.1) is 0 Å². The molecule has 1 saturated heterocycles. The monoisotopic (exact) mass is 298 g/mol.